The van der Waals surface area contributed by atoms with Gasteiger partial charge < -0.3 is 43.9 Å². The summed E-state index contributed by atoms with van der Waals surface area (Å²) < 4.78 is 25.2. The van der Waals surface area contributed by atoms with Crippen molar-refractivity contribution in [1.82, 2.24) is 14.7 Å². The number of aliphatic hydroxyl groups excluding tert-OH is 2. The molecule has 0 aromatic carbocycles. The molecule has 3 aliphatic heterocycles. The fraction of sp³-hybridized carbons (Fsp3) is 0.971. The maximum atomic E-state index is 14.2. The van der Waals surface area contributed by atoms with Gasteiger partial charge in [0.1, 0.15) is 11.9 Å². The second-order valence-electron chi connectivity index (χ2n) is 15.3. The zero-order valence-electron chi connectivity index (χ0n) is 29.6. The summed E-state index contributed by atoms with van der Waals surface area (Å²) in [6, 6.07) is 0.590. The van der Waals surface area contributed by atoms with E-state index in [1.807, 2.05) is 39.8 Å². The molecule has 10 nitrogen and oxygen atoms in total. The number of ketones is 1. The number of likely N-dealkylation sites (tertiary alicyclic amines) is 1. The minimum Gasteiger partial charge on any atom is -0.386 e. The first-order valence-electron chi connectivity index (χ1n) is 17.0. The first kappa shape index (κ1) is 37.8. The number of methoxy groups -OCH3 is 1. The average molecular weight is 628 g/mol. The van der Waals surface area contributed by atoms with Crippen molar-refractivity contribution >= 4 is 5.78 Å². The van der Waals surface area contributed by atoms with Crippen molar-refractivity contribution in [2.45, 2.75) is 142 Å². The SMILES string of the molecule is CO[C@]1(C)C[C@@H](C)CN(C)[C@@H](CCCN2CCC[C@@H]2C)COC(O)C(C)(C)C(=O)[C@H](C)[C@H]1O[C@@H]1O[C@H](C)C[C@H](N(C)C)[C@H]1O. The van der Waals surface area contributed by atoms with Crippen molar-refractivity contribution in [3.63, 3.8) is 0 Å². The molecule has 10 heteroatoms. The van der Waals surface area contributed by atoms with Gasteiger partial charge in [-0.3, -0.25) is 4.79 Å². The van der Waals surface area contributed by atoms with Crippen LogP contribution in [0.4, 0.5) is 0 Å². The van der Waals surface area contributed by atoms with Gasteiger partial charge in [0.15, 0.2) is 12.6 Å². The largest absolute Gasteiger partial charge is 0.386 e. The van der Waals surface area contributed by atoms with E-state index in [2.05, 4.69) is 30.7 Å². The van der Waals surface area contributed by atoms with Crippen LogP contribution in [0.5, 0.6) is 0 Å². The van der Waals surface area contributed by atoms with Crippen molar-refractivity contribution in [3.05, 3.63) is 0 Å². The lowest BCUT2D eigenvalue weighted by molar-refractivity contribution is -0.296. The van der Waals surface area contributed by atoms with Gasteiger partial charge in [-0.15, -0.1) is 0 Å². The van der Waals surface area contributed by atoms with E-state index in [0.29, 0.717) is 25.5 Å². The topological polar surface area (TPSA) is 104 Å². The maximum Gasteiger partial charge on any atom is 0.185 e. The normalized spacial score (nSPS) is 42.2. The Morgan fingerprint density at radius 2 is 1.80 bits per heavy atom. The van der Waals surface area contributed by atoms with Gasteiger partial charge in [0, 0.05) is 37.7 Å². The molecule has 0 amide bonds. The van der Waals surface area contributed by atoms with E-state index in [0.717, 1.165) is 25.9 Å². The van der Waals surface area contributed by atoms with Crippen molar-refractivity contribution in [1.29, 1.82) is 0 Å². The Kier molecular flexibility index (Phi) is 13.7. The molecular formula is C34H65N3O7. The van der Waals surface area contributed by atoms with Crippen molar-refractivity contribution in [2.24, 2.45) is 17.3 Å². The van der Waals surface area contributed by atoms with Gasteiger partial charge in [0.2, 0.25) is 0 Å². The lowest BCUT2D eigenvalue weighted by atomic mass is 9.74. The predicted molar refractivity (Wildman–Crippen MR) is 172 cm³/mol. The van der Waals surface area contributed by atoms with Crippen molar-refractivity contribution < 1.29 is 34.0 Å². The summed E-state index contributed by atoms with van der Waals surface area (Å²) >= 11 is 0. The number of aliphatic hydroxyl groups is 2. The van der Waals surface area contributed by atoms with Crippen LogP contribution in [0.15, 0.2) is 0 Å². The van der Waals surface area contributed by atoms with E-state index in [-0.39, 0.29) is 29.9 Å². The molecular weight excluding hydrogens is 562 g/mol. The Balaban J connectivity index is 1.89. The molecule has 3 aliphatic rings. The van der Waals surface area contributed by atoms with Crippen LogP contribution >= 0.6 is 0 Å². The van der Waals surface area contributed by atoms with Gasteiger partial charge in [0.05, 0.1) is 29.8 Å². The summed E-state index contributed by atoms with van der Waals surface area (Å²) in [5, 5.41) is 22.6. The summed E-state index contributed by atoms with van der Waals surface area (Å²) in [4.78, 5) is 21.1. The summed E-state index contributed by atoms with van der Waals surface area (Å²) in [6.07, 6.45) is 1.85. The molecule has 11 atom stereocenters. The van der Waals surface area contributed by atoms with Gasteiger partial charge in [0.25, 0.3) is 0 Å². The van der Waals surface area contributed by atoms with Crippen molar-refractivity contribution in [3.8, 4) is 0 Å². The van der Waals surface area contributed by atoms with Crippen molar-refractivity contribution in [2.75, 3.05) is 54.5 Å². The lowest BCUT2D eigenvalue weighted by Gasteiger charge is -2.47. The highest BCUT2D eigenvalue weighted by Crippen LogP contribution is 2.39. The quantitative estimate of drug-likeness (QED) is 0.416. The first-order valence-corrected chi connectivity index (χ1v) is 17.0. The molecule has 3 rings (SSSR count). The molecule has 258 valence electrons. The van der Waals surface area contributed by atoms with Crippen LogP contribution in [0.25, 0.3) is 0 Å². The lowest BCUT2D eigenvalue weighted by Crippen LogP contribution is -2.59. The number of Topliss-reactive ketones (excluding diaryl/α,β-unsaturated/α-hetero) is 1. The number of rotatable bonds is 8. The Morgan fingerprint density at radius 3 is 2.39 bits per heavy atom. The molecule has 0 radical (unpaired) electrons. The second-order valence-corrected chi connectivity index (χ2v) is 15.3. The summed E-state index contributed by atoms with van der Waals surface area (Å²) in [6.45, 7) is 17.2. The number of carbonyl (C=O) groups excluding carboxylic acids is 1. The molecule has 1 unspecified atom stereocenters. The fourth-order valence-electron chi connectivity index (χ4n) is 7.85. The van der Waals surface area contributed by atoms with E-state index in [4.69, 9.17) is 18.9 Å². The van der Waals surface area contributed by atoms with Crippen LogP contribution in [-0.2, 0) is 23.7 Å². The minimum absolute atomic E-state index is 0.102. The number of carbonyl (C=O) groups is 1. The second kappa shape index (κ2) is 15.9. The number of ether oxygens (including phenoxy) is 4. The summed E-state index contributed by atoms with van der Waals surface area (Å²) in [7, 11) is 7.67. The Morgan fingerprint density at radius 1 is 1.11 bits per heavy atom. The van der Waals surface area contributed by atoms with E-state index in [1.165, 1.54) is 19.4 Å². The third-order valence-corrected chi connectivity index (χ3v) is 10.8. The fourth-order valence-corrected chi connectivity index (χ4v) is 7.85. The zero-order valence-corrected chi connectivity index (χ0v) is 29.6. The third kappa shape index (κ3) is 9.01. The maximum absolute atomic E-state index is 14.2. The molecule has 0 aliphatic carbocycles. The average Bonchev–Trinajstić information content (AvgIpc) is 3.37. The minimum atomic E-state index is -1.28. The molecule has 0 spiro atoms. The van der Waals surface area contributed by atoms with Gasteiger partial charge in [-0.1, -0.05) is 13.8 Å². The number of hydrogen-bond acceptors (Lipinski definition) is 10. The Hall–Kier alpha value is -0.690. The first-order chi connectivity index (χ1) is 20.5. The predicted octanol–water partition coefficient (Wildman–Crippen LogP) is 3.37. The van der Waals surface area contributed by atoms with E-state index in [1.54, 1.807) is 21.0 Å². The molecule has 0 saturated carbocycles. The molecule has 3 fully saturated rings. The van der Waals surface area contributed by atoms with Crippen LogP contribution in [0.3, 0.4) is 0 Å². The van der Waals surface area contributed by atoms with Gasteiger partial charge in [-0.05, 0) is 113 Å². The van der Waals surface area contributed by atoms with E-state index < -0.39 is 41.7 Å². The van der Waals surface area contributed by atoms with Crippen LogP contribution in [0.2, 0.25) is 0 Å². The van der Waals surface area contributed by atoms with Gasteiger partial charge >= 0.3 is 0 Å². The number of hydrogen-bond donors (Lipinski definition) is 2. The monoisotopic (exact) mass is 627 g/mol. The number of nitrogens with zero attached hydrogens (tertiary/aromatic N) is 3. The molecule has 0 bridgehead atoms. The van der Waals surface area contributed by atoms with E-state index in [9.17, 15) is 15.0 Å². The highest BCUT2D eigenvalue weighted by Gasteiger charge is 2.51. The van der Waals surface area contributed by atoms with Crippen LogP contribution in [0.1, 0.15) is 87.0 Å². The Labute approximate surface area is 267 Å². The molecule has 0 aromatic rings. The third-order valence-electron chi connectivity index (χ3n) is 10.8. The zero-order chi connectivity index (χ0) is 33.0. The molecule has 44 heavy (non-hydrogen) atoms. The molecule has 2 N–H and O–H groups in total. The summed E-state index contributed by atoms with van der Waals surface area (Å²) in [5.41, 5.74) is -2.07. The van der Waals surface area contributed by atoms with Gasteiger partial charge in [-0.2, -0.15) is 0 Å². The van der Waals surface area contributed by atoms with Crippen LogP contribution < -0.4 is 0 Å². The van der Waals surface area contributed by atoms with Gasteiger partial charge in [-0.25, -0.2) is 0 Å². The van der Waals surface area contributed by atoms with E-state index >= 15 is 0 Å². The molecule has 3 saturated heterocycles. The summed E-state index contributed by atoms with van der Waals surface area (Å²) in [5.74, 6) is -0.660. The van der Waals surface area contributed by atoms with Crippen LogP contribution in [0, 0.1) is 17.3 Å². The molecule has 0 aromatic heterocycles. The molecule has 3 heterocycles. The highest BCUT2D eigenvalue weighted by atomic mass is 16.7. The number of likely N-dealkylation sites (N-methyl/N-ethyl adjacent to an activating group) is 2. The highest BCUT2D eigenvalue weighted by molar-refractivity contribution is 5.87. The Bertz CT molecular complexity index is 906. The smallest absolute Gasteiger partial charge is 0.185 e. The standard InChI is InChI=1S/C34H65N3O7/c1-22-19-34(7,41-11)30(44-31-28(38)27(35(8)9)18-24(3)43-31)25(4)29(39)33(5,6)32(40)42-21-26(36(10)20-22)15-13-17-37-16-12-14-23(37)2/h22-28,30-32,38,40H,12-21H2,1-11H3/t22-,23+,24-,25+,26+,27+,28-,30-,31+,32?,34-/m1/s1. The van der Waals surface area contributed by atoms with Crippen LogP contribution in [-0.4, -0.2) is 140 Å².